The van der Waals surface area contributed by atoms with Crippen LogP contribution in [-0.2, 0) is 5.41 Å². The zero-order valence-electron chi connectivity index (χ0n) is 8.39. The Morgan fingerprint density at radius 2 is 2.14 bits per heavy atom. The van der Waals surface area contributed by atoms with Crippen molar-refractivity contribution >= 4 is 0 Å². The van der Waals surface area contributed by atoms with Crippen molar-refractivity contribution in [1.82, 2.24) is 0 Å². The Bertz CT molecular complexity index is 337. The minimum absolute atomic E-state index is 0.136. The van der Waals surface area contributed by atoms with E-state index >= 15 is 0 Å². The van der Waals surface area contributed by atoms with Gasteiger partial charge in [0.25, 0.3) is 0 Å². The lowest BCUT2D eigenvalue weighted by atomic mass is 9.64. The lowest BCUT2D eigenvalue weighted by Crippen LogP contribution is -2.38. The fourth-order valence-electron chi connectivity index (χ4n) is 2.28. The lowest BCUT2D eigenvalue weighted by Gasteiger charge is -2.41. The van der Waals surface area contributed by atoms with E-state index in [1.165, 1.54) is 6.07 Å². The van der Waals surface area contributed by atoms with E-state index in [1.807, 2.05) is 6.92 Å². The average molecular weight is 194 g/mol. The Kier molecular flexibility index (Phi) is 2.31. The van der Waals surface area contributed by atoms with Gasteiger partial charge in [-0.15, -0.1) is 0 Å². The van der Waals surface area contributed by atoms with Gasteiger partial charge in [0.1, 0.15) is 5.82 Å². The van der Waals surface area contributed by atoms with E-state index < -0.39 is 0 Å². The molecular formula is C12H15FO. The molecule has 0 heterocycles. The number of halogens is 1. The molecule has 1 fully saturated rings. The monoisotopic (exact) mass is 194 g/mol. The standard InChI is InChI=1S/C12H15FO/c1-9-3-4-10(13)7-11(9)12(8-14)5-2-6-12/h3-4,7,14H,2,5-6,8H2,1H3. The Morgan fingerprint density at radius 3 is 2.64 bits per heavy atom. The summed E-state index contributed by atoms with van der Waals surface area (Å²) in [6.45, 7) is 2.11. The second-order valence-corrected chi connectivity index (χ2v) is 4.25. The molecule has 14 heavy (non-hydrogen) atoms. The van der Waals surface area contributed by atoms with Crippen LogP contribution in [-0.4, -0.2) is 11.7 Å². The molecule has 0 spiro atoms. The summed E-state index contributed by atoms with van der Waals surface area (Å²) in [5, 5.41) is 9.38. The normalized spacial score (nSPS) is 19.1. The van der Waals surface area contributed by atoms with Crippen molar-refractivity contribution in [2.75, 3.05) is 6.61 Å². The molecule has 1 saturated carbocycles. The molecular weight excluding hydrogens is 179 g/mol. The molecule has 0 unspecified atom stereocenters. The molecule has 2 rings (SSSR count). The number of hydrogen-bond acceptors (Lipinski definition) is 1. The maximum atomic E-state index is 13.1. The Hall–Kier alpha value is -0.890. The summed E-state index contributed by atoms with van der Waals surface area (Å²) in [6, 6.07) is 4.84. The molecule has 1 nitrogen and oxygen atoms in total. The molecule has 0 radical (unpaired) electrons. The van der Waals surface area contributed by atoms with Gasteiger partial charge in [-0.2, -0.15) is 0 Å². The minimum Gasteiger partial charge on any atom is -0.395 e. The topological polar surface area (TPSA) is 20.2 Å². The molecule has 1 aliphatic rings. The summed E-state index contributed by atoms with van der Waals surface area (Å²) in [5.41, 5.74) is 1.93. The van der Waals surface area contributed by atoms with Gasteiger partial charge in [0.15, 0.2) is 0 Å². The first-order chi connectivity index (χ1) is 6.68. The van der Waals surface area contributed by atoms with Crippen LogP contribution < -0.4 is 0 Å². The van der Waals surface area contributed by atoms with Crippen molar-refractivity contribution in [3.05, 3.63) is 35.1 Å². The zero-order chi connectivity index (χ0) is 10.2. The predicted octanol–water partition coefficient (Wildman–Crippen LogP) is 2.55. The predicted molar refractivity (Wildman–Crippen MR) is 53.8 cm³/mol. The first-order valence-corrected chi connectivity index (χ1v) is 5.05. The number of benzene rings is 1. The molecule has 1 aliphatic carbocycles. The van der Waals surface area contributed by atoms with Crippen LogP contribution in [0.4, 0.5) is 4.39 Å². The average Bonchev–Trinajstić information content (AvgIpc) is 2.10. The third-order valence-electron chi connectivity index (χ3n) is 3.38. The highest BCUT2D eigenvalue weighted by Crippen LogP contribution is 2.44. The molecule has 2 heteroatoms. The maximum absolute atomic E-state index is 13.1. The third kappa shape index (κ3) is 1.34. The molecule has 1 aromatic carbocycles. The molecule has 0 saturated heterocycles. The van der Waals surface area contributed by atoms with Crippen LogP contribution in [0.1, 0.15) is 30.4 Å². The van der Waals surface area contributed by atoms with E-state index in [1.54, 1.807) is 12.1 Å². The second kappa shape index (κ2) is 3.35. The van der Waals surface area contributed by atoms with Crippen LogP contribution in [0.15, 0.2) is 18.2 Å². The first-order valence-electron chi connectivity index (χ1n) is 5.05. The molecule has 1 N–H and O–H groups in total. The zero-order valence-corrected chi connectivity index (χ0v) is 8.39. The summed E-state index contributed by atoms with van der Waals surface area (Å²) in [6.07, 6.45) is 3.10. The molecule has 0 amide bonds. The van der Waals surface area contributed by atoms with E-state index in [2.05, 4.69) is 0 Å². The molecule has 0 bridgehead atoms. The Morgan fingerprint density at radius 1 is 1.43 bits per heavy atom. The number of aryl methyl sites for hydroxylation is 1. The van der Waals surface area contributed by atoms with Gasteiger partial charge < -0.3 is 5.11 Å². The van der Waals surface area contributed by atoms with Crippen LogP contribution >= 0.6 is 0 Å². The summed E-state index contributed by atoms with van der Waals surface area (Å²) in [7, 11) is 0. The fourth-order valence-corrected chi connectivity index (χ4v) is 2.28. The van der Waals surface area contributed by atoms with E-state index in [9.17, 15) is 9.50 Å². The van der Waals surface area contributed by atoms with Gasteiger partial charge in [-0.1, -0.05) is 12.5 Å². The number of rotatable bonds is 2. The third-order valence-corrected chi connectivity index (χ3v) is 3.38. The van der Waals surface area contributed by atoms with Crippen molar-refractivity contribution in [3.8, 4) is 0 Å². The van der Waals surface area contributed by atoms with Crippen molar-refractivity contribution in [1.29, 1.82) is 0 Å². The van der Waals surface area contributed by atoms with Gasteiger partial charge in [-0.25, -0.2) is 4.39 Å². The van der Waals surface area contributed by atoms with Gasteiger partial charge in [0.2, 0.25) is 0 Å². The van der Waals surface area contributed by atoms with Crippen LogP contribution in [0.25, 0.3) is 0 Å². The first kappa shape index (κ1) is 9.66. The Labute approximate surface area is 83.6 Å². The summed E-state index contributed by atoms with van der Waals surface area (Å²) in [4.78, 5) is 0. The number of aliphatic hydroxyl groups excluding tert-OH is 1. The highest BCUT2D eigenvalue weighted by Gasteiger charge is 2.39. The summed E-state index contributed by atoms with van der Waals surface area (Å²) >= 11 is 0. The Balaban J connectivity index is 2.43. The van der Waals surface area contributed by atoms with Crippen LogP contribution in [0.5, 0.6) is 0 Å². The van der Waals surface area contributed by atoms with Gasteiger partial charge in [-0.3, -0.25) is 0 Å². The highest BCUT2D eigenvalue weighted by atomic mass is 19.1. The summed E-state index contributed by atoms with van der Waals surface area (Å²) < 4.78 is 13.1. The molecule has 76 valence electrons. The number of hydrogen-bond donors (Lipinski definition) is 1. The van der Waals surface area contributed by atoms with Crippen LogP contribution in [0.3, 0.4) is 0 Å². The smallest absolute Gasteiger partial charge is 0.123 e. The minimum atomic E-state index is -0.203. The second-order valence-electron chi connectivity index (χ2n) is 4.25. The molecule has 0 aromatic heterocycles. The van der Waals surface area contributed by atoms with Gasteiger partial charge in [-0.05, 0) is 43.0 Å². The van der Waals surface area contributed by atoms with Gasteiger partial charge in [0.05, 0.1) is 6.61 Å². The fraction of sp³-hybridized carbons (Fsp3) is 0.500. The number of aliphatic hydroxyl groups is 1. The van der Waals surface area contributed by atoms with E-state index in [4.69, 9.17) is 0 Å². The van der Waals surface area contributed by atoms with Gasteiger partial charge in [0, 0.05) is 5.41 Å². The van der Waals surface area contributed by atoms with Crippen molar-refractivity contribution in [3.63, 3.8) is 0 Å². The SMILES string of the molecule is Cc1ccc(F)cc1C1(CO)CCC1. The van der Waals surface area contributed by atoms with Crippen molar-refractivity contribution in [2.24, 2.45) is 0 Å². The van der Waals surface area contributed by atoms with E-state index in [0.717, 1.165) is 30.4 Å². The van der Waals surface area contributed by atoms with Gasteiger partial charge >= 0.3 is 0 Å². The van der Waals surface area contributed by atoms with E-state index in [0.29, 0.717) is 0 Å². The van der Waals surface area contributed by atoms with Crippen LogP contribution in [0, 0.1) is 12.7 Å². The van der Waals surface area contributed by atoms with Crippen LogP contribution in [0.2, 0.25) is 0 Å². The molecule has 1 aromatic rings. The quantitative estimate of drug-likeness (QED) is 0.767. The van der Waals surface area contributed by atoms with E-state index in [-0.39, 0.29) is 17.8 Å². The molecule has 0 aliphatic heterocycles. The maximum Gasteiger partial charge on any atom is 0.123 e. The highest BCUT2D eigenvalue weighted by molar-refractivity contribution is 5.36. The largest absolute Gasteiger partial charge is 0.395 e. The molecule has 0 atom stereocenters. The summed E-state index contributed by atoms with van der Waals surface area (Å²) in [5.74, 6) is -0.203. The van der Waals surface area contributed by atoms with Crippen molar-refractivity contribution < 1.29 is 9.50 Å². The van der Waals surface area contributed by atoms with Crippen molar-refractivity contribution in [2.45, 2.75) is 31.6 Å². The lowest BCUT2D eigenvalue weighted by molar-refractivity contribution is 0.119.